The molecule has 14 N–H and O–H groups in total. The number of nitrogens with zero attached hydrogens (tertiary/aromatic N) is 2. The Hall–Kier alpha value is -9.02. The molecule has 2 bridgehead atoms. The lowest BCUT2D eigenvalue weighted by Crippen LogP contribution is -2.63. The van der Waals surface area contributed by atoms with E-state index in [1.54, 1.807) is 31.5 Å². The summed E-state index contributed by atoms with van der Waals surface area (Å²) in [5, 5.41) is 30.1. The summed E-state index contributed by atoms with van der Waals surface area (Å²) in [6.45, 7) is 2.74. The minimum Gasteiger partial charge on any atom is -0.508 e. The third kappa shape index (κ3) is 18.3. The van der Waals surface area contributed by atoms with Gasteiger partial charge in [0.05, 0.1) is 6.54 Å². The molecule has 24 nitrogen and oxygen atoms in total. The van der Waals surface area contributed by atoms with Crippen molar-refractivity contribution in [3.05, 3.63) is 137 Å². The molecule has 5 heterocycles. The van der Waals surface area contributed by atoms with Crippen molar-refractivity contribution in [3.63, 3.8) is 0 Å². The molecule has 10 amide bonds. The number of carbonyl (C=O) groups excluding carboxylic acids is 10. The van der Waals surface area contributed by atoms with E-state index in [0.29, 0.717) is 88.0 Å². The van der Waals surface area contributed by atoms with Gasteiger partial charge in [0.25, 0.3) is 0 Å². The highest BCUT2D eigenvalue weighted by Gasteiger charge is 2.49. The van der Waals surface area contributed by atoms with Crippen LogP contribution in [-0.2, 0) is 78.7 Å². The third-order valence-corrected chi connectivity index (χ3v) is 19.6. The monoisotopic (exact) mass is 1350 g/mol. The number of nitrogens with two attached hydrogens (primary N) is 2. The van der Waals surface area contributed by atoms with Gasteiger partial charge >= 0.3 is 0 Å². The van der Waals surface area contributed by atoms with E-state index in [0.717, 1.165) is 11.1 Å². The average Bonchev–Trinajstić information content (AvgIpc) is 1.71. The molecule has 28 heteroatoms. The molecule has 506 valence electrons. The minimum absolute atomic E-state index is 0.0124. The smallest absolute Gasteiger partial charge is 0.246 e. The van der Waals surface area contributed by atoms with Crippen LogP contribution in [-0.4, -0.2) is 169 Å². The fourth-order valence-corrected chi connectivity index (χ4v) is 14.2. The number of thioether (sulfide) groups is 2. The zero-order valence-electron chi connectivity index (χ0n) is 52.9. The second kappa shape index (κ2) is 32.4. The van der Waals surface area contributed by atoms with Crippen LogP contribution < -0.4 is 48.7 Å². The lowest BCUT2D eigenvalue weighted by atomic mass is 9.95. The summed E-state index contributed by atoms with van der Waals surface area (Å²) >= 11 is 2.85. The first kappa shape index (κ1) is 70.3. The minimum atomic E-state index is -1.51. The van der Waals surface area contributed by atoms with Crippen molar-refractivity contribution in [1.29, 1.82) is 0 Å². The van der Waals surface area contributed by atoms with Crippen LogP contribution in [0.1, 0.15) is 93.0 Å². The second-order valence-electron chi connectivity index (χ2n) is 24.5. The van der Waals surface area contributed by atoms with Crippen molar-refractivity contribution in [1.82, 2.24) is 57.0 Å². The Morgan fingerprint density at radius 2 is 1.29 bits per heavy atom. The number of halogens is 2. The average molecular weight is 1350 g/mol. The van der Waals surface area contributed by atoms with Gasteiger partial charge in [-0.3, -0.25) is 47.9 Å². The van der Waals surface area contributed by atoms with Gasteiger partial charge in [0, 0.05) is 96.0 Å². The fourth-order valence-electron chi connectivity index (χ4n) is 12.3. The topological polar surface area (TPSA) is 365 Å². The highest BCUT2D eigenvalue weighted by Crippen LogP contribution is 2.32. The number of rotatable bonds is 11. The number of benzene rings is 4. The number of aromatic hydroxyl groups is 1. The summed E-state index contributed by atoms with van der Waals surface area (Å²) in [5.41, 5.74) is 14.4. The Morgan fingerprint density at radius 1 is 0.663 bits per heavy atom. The molecule has 4 aromatic carbocycles. The predicted molar refractivity (Wildman–Crippen MR) is 356 cm³/mol. The van der Waals surface area contributed by atoms with Gasteiger partial charge in [-0.15, -0.1) is 0 Å². The molecule has 95 heavy (non-hydrogen) atoms. The van der Waals surface area contributed by atoms with Crippen molar-refractivity contribution in [3.8, 4) is 5.75 Å². The molecule has 0 radical (unpaired) electrons. The molecule has 2 saturated heterocycles. The Bertz CT molecular complexity index is 3820. The molecular weight excluding hydrogens is 1260 g/mol. The molecule has 3 aliphatic rings. The molecule has 8 atom stereocenters. The number of nitrogens with one attached hydrogen (secondary N) is 9. The van der Waals surface area contributed by atoms with Gasteiger partial charge in [0.1, 0.15) is 65.2 Å². The Kier molecular flexibility index (Phi) is 24.0. The highest BCUT2D eigenvalue weighted by molar-refractivity contribution is 7.98. The van der Waals surface area contributed by atoms with E-state index in [-0.39, 0.29) is 69.5 Å². The molecule has 0 aliphatic carbocycles. The Morgan fingerprint density at radius 3 is 1.96 bits per heavy atom. The van der Waals surface area contributed by atoms with Gasteiger partial charge in [-0.25, -0.2) is 8.78 Å². The van der Waals surface area contributed by atoms with E-state index < -0.39 is 125 Å². The zero-order valence-corrected chi connectivity index (χ0v) is 54.5. The number of aromatic nitrogens is 2. The zero-order chi connectivity index (χ0) is 67.9. The number of unbranched alkanes of at least 4 members (excludes halogenated alkanes) is 1. The van der Waals surface area contributed by atoms with Gasteiger partial charge in [-0.05, 0) is 142 Å². The number of carbonyl (C=O) groups is 10. The summed E-state index contributed by atoms with van der Waals surface area (Å²) < 4.78 is 29.7. The van der Waals surface area contributed by atoms with Gasteiger partial charge < -0.3 is 73.6 Å². The molecule has 9 rings (SSSR count). The number of hydrogen-bond acceptors (Lipinski definition) is 14. The number of hydrogen-bond donors (Lipinski definition) is 12. The summed E-state index contributed by atoms with van der Waals surface area (Å²) in [6.07, 6.45) is 4.70. The van der Waals surface area contributed by atoms with Crippen LogP contribution in [0.15, 0.2) is 97.3 Å². The maximum absolute atomic E-state index is 15.3. The standard InChI is InChI=1S/C67H81F2N13O11S2/c1-38-60(87)78-53(27-39-12-16-46(83)17-13-39)65(92)82-24-7-21-67(82,2)66(93)80-55(59(71)86)37-95-36-41-9-5-8-40(26-41)35-94-25-20-57(84)76-51(10-3-4-22-70)61(88)74-34-58(85)77-52(28-42-32-72-49-18-14-44(68)30-47(42)49)62(89)79-54(64(91)81-23-6-11-56(81)63(90)75-38)29-43-33-73-50-19-15-45(69)31-48(43)50/h5,8-9,12-19,26,30-33,38,51-56,72-73,83H,3-4,6-7,10-11,20-25,27-29,34-37,70H2,1-2H3,(H2,71,86)(H,74,88)(H,75,90)(H,76,84)(H,77,85)(H,78,87)(H,79,89)(H,80,93)/t38-,51-,52-,53-,54-,55-,56-,67-/m0/s1. The van der Waals surface area contributed by atoms with E-state index in [1.165, 1.54) is 88.8 Å². The van der Waals surface area contributed by atoms with Gasteiger partial charge in [-0.2, -0.15) is 23.5 Å². The molecule has 0 unspecified atom stereocenters. The van der Waals surface area contributed by atoms with Crippen LogP contribution in [0.3, 0.4) is 0 Å². The molecule has 0 saturated carbocycles. The quantitative estimate of drug-likeness (QED) is 0.0829. The number of aromatic amines is 2. The van der Waals surface area contributed by atoms with E-state index in [1.807, 2.05) is 24.3 Å². The summed E-state index contributed by atoms with van der Waals surface area (Å²) in [5.74, 6) is -6.99. The number of phenolic OH excluding ortho intramolecular Hbond substituents is 1. The van der Waals surface area contributed by atoms with E-state index in [4.69, 9.17) is 11.5 Å². The van der Waals surface area contributed by atoms with Gasteiger partial charge in [0.2, 0.25) is 59.1 Å². The van der Waals surface area contributed by atoms with Crippen LogP contribution in [0.25, 0.3) is 21.8 Å². The van der Waals surface area contributed by atoms with Crippen LogP contribution in [0.4, 0.5) is 8.78 Å². The third-order valence-electron chi connectivity index (χ3n) is 17.5. The summed E-state index contributed by atoms with van der Waals surface area (Å²) in [4.78, 5) is 152. The summed E-state index contributed by atoms with van der Waals surface area (Å²) in [7, 11) is 0. The molecule has 6 aromatic rings. The van der Waals surface area contributed by atoms with E-state index in [9.17, 15) is 52.2 Å². The van der Waals surface area contributed by atoms with E-state index >= 15 is 9.59 Å². The SMILES string of the molecule is C[C@@H]1NC(=O)[C@@H]2CCCN2C(=O)[C@H](Cc2c[nH]c3ccc(F)cc23)NC(=O)[C@H](Cc2c[nH]c3ccc(F)cc23)NC(=O)CNC(=O)[C@H](CCCCN)NC(=O)CCSCc2cccc(c2)CSC[C@@H](C(N)=O)NC(=O)[C@]2(C)CCCN2C(=O)[C@H](Cc2ccc(O)cc2)NC1=O. The molecular formula is C67H81F2N13O11S2. The van der Waals surface area contributed by atoms with Crippen molar-refractivity contribution in [2.45, 2.75) is 144 Å². The largest absolute Gasteiger partial charge is 0.508 e. The molecule has 2 fully saturated rings. The van der Waals surface area contributed by atoms with Crippen molar-refractivity contribution in [2.75, 3.05) is 37.7 Å². The normalized spacial score (nSPS) is 24.1. The first-order valence-electron chi connectivity index (χ1n) is 31.8. The van der Waals surface area contributed by atoms with Crippen molar-refractivity contribution >= 4 is 104 Å². The maximum Gasteiger partial charge on any atom is 0.246 e. The fraction of sp³-hybridized carbons (Fsp3) is 0.433. The lowest BCUT2D eigenvalue weighted by Gasteiger charge is -2.37. The first-order valence-corrected chi connectivity index (χ1v) is 34.1. The summed E-state index contributed by atoms with van der Waals surface area (Å²) in [6, 6.07) is 12.6. The van der Waals surface area contributed by atoms with Crippen LogP contribution in [0, 0.1) is 11.6 Å². The Labute approximate surface area is 556 Å². The number of amides is 10. The predicted octanol–water partition coefficient (Wildman–Crippen LogP) is 3.26. The van der Waals surface area contributed by atoms with Crippen molar-refractivity contribution < 1.29 is 61.8 Å². The lowest BCUT2D eigenvalue weighted by molar-refractivity contribution is -0.147. The van der Waals surface area contributed by atoms with Gasteiger partial charge in [0.15, 0.2) is 0 Å². The van der Waals surface area contributed by atoms with Crippen LogP contribution in [0.2, 0.25) is 0 Å². The van der Waals surface area contributed by atoms with E-state index in [2.05, 4.69) is 47.2 Å². The second-order valence-corrected chi connectivity index (χ2v) is 26.6. The van der Waals surface area contributed by atoms with Crippen LogP contribution >= 0.6 is 23.5 Å². The van der Waals surface area contributed by atoms with Crippen molar-refractivity contribution in [2.24, 2.45) is 11.5 Å². The molecule has 2 aromatic heterocycles. The number of primary amides is 1. The molecule has 3 aliphatic heterocycles. The number of fused-ring (bicyclic) bond motifs is 6. The highest BCUT2D eigenvalue weighted by atomic mass is 32.2. The number of phenols is 1. The number of H-pyrrole nitrogens is 2. The first-order chi connectivity index (χ1) is 45.6. The molecule has 0 spiro atoms. The Balaban J connectivity index is 1.01. The van der Waals surface area contributed by atoms with Gasteiger partial charge in [-0.1, -0.05) is 36.4 Å². The maximum atomic E-state index is 15.3. The van der Waals surface area contributed by atoms with Crippen LogP contribution in [0.5, 0.6) is 5.75 Å².